The van der Waals surface area contributed by atoms with Gasteiger partial charge in [-0.05, 0) is 37.5 Å². The van der Waals surface area contributed by atoms with Gasteiger partial charge in [-0.2, -0.15) is 5.10 Å². The van der Waals surface area contributed by atoms with Gasteiger partial charge in [-0.15, -0.1) is 10.2 Å². The van der Waals surface area contributed by atoms with Gasteiger partial charge in [-0.25, -0.2) is 9.67 Å². The van der Waals surface area contributed by atoms with Crippen LogP contribution in [0.1, 0.15) is 31.4 Å². The first-order chi connectivity index (χ1) is 13.7. The summed E-state index contributed by atoms with van der Waals surface area (Å²) in [5.74, 6) is 1.42. The van der Waals surface area contributed by atoms with Crippen LogP contribution in [-0.2, 0) is 4.79 Å². The molecule has 1 N–H and O–H groups in total. The maximum Gasteiger partial charge on any atom is 0.225 e. The van der Waals surface area contributed by atoms with Crippen LogP contribution < -0.4 is 10.2 Å². The standard InChI is InChI=1S/C20H23N7O/c1-15(16-6-3-2-4-7-16)23-20(28)17-8-5-11-26(12-17)18-9-10-19(25-24-18)27-14-21-13-22-27/h2-4,6-7,9-10,13-15,17H,5,8,11-12H2,1H3,(H,23,28)/t15-,17+/m1/s1. The van der Waals surface area contributed by atoms with Crippen molar-refractivity contribution >= 4 is 11.7 Å². The number of hydrogen-bond acceptors (Lipinski definition) is 6. The van der Waals surface area contributed by atoms with Crippen LogP contribution in [-0.4, -0.2) is 44.0 Å². The lowest BCUT2D eigenvalue weighted by atomic mass is 9.96. The zero-order valence-electron chi connectivity index (χ0n) is 15.8. The molecule has 1 amide bonds. The Labute approximate surface area is 163 Å². The first-order valence-corrected chi connectivity index (χ1v) is 9.50. The van der Waals surface area contributed by atoms with Crippen LogP contribution in [0.3, 0.4) is 0 Å². The van der Waals surface area contributed by atoms with Gasteiger partial charge in [0.15, 0.2) is 11.6 Å². The topological polar surface area (TPSA) is 88.8 Å². The summed E-state index contributed by atoms with van der Waals surface area (Å²) in [5.41, 5.74) is 1.11. The third-order valence-electron chi connectivity index (χ3n) is 5.06. The number of piperidine rings is 1. The van der Waals surface area contributed by atoms with E-state index < -0.39 is 0 Å². The number of amides is 1. The fraction of sp³-hybridized carbons (Fsp3) is 0.350. The smallest absolute Gasteiger partial charge is 0.225 e. The molecule has 1 fully saturated rings. The van der Waals surface area contributed by atoms with E-state index in [1.807, 2.05) is 49.4 Å². The molecule has 1 aromatic carbocycles. The van der Waals surface area contributed by atoms with Crippen molar-refractivity contribution in [3.05, 3.63) is 60.7 Å². The van der Waals surface area contributed by atoms with E-state index in [1.54, 1.807) is 11.0 Å². The van der Waals surface area contributed by atoms with Crippen LogP contribution in [0, 0.1) is 5.92 Å². The van der Waals surface area contributed by atoms with Crippen molar-refractivity contribution in [2.24, 2.45) is 5.92 Å². The first kappa shape index (κ1) is 18.1. The largest absolute Gasteiger partial charge is 0.354 e. The highest BCUT2D eigenvalue weighted by atomic mass is 16.2. The third-order valence-corrected chi connectivity index (χ3v) is 5.06. The van der Waals surface area contributed by atoms with E-state index in [1.165, 1.54) is 6.33 Å². The van der Waals surface area contributed by atoms with Gasteiger partial charge in [-0.1, -0.05) is 30.3 Å². The Morgan fingerprint density at radius 2 is 1.93 bits per heavy atom. The van der Waals surface area contributed by atoms with Crippen molar-refractivity contribution < 1.29 is 4.79 Å². The molecule has 4 rings (SSSR count). The highest BCUT2D eigenvalue weighted by Gasteiger charge is 2.27. The average molecular weight is 377 g/mol. The summed E-state index contributed by atoms with van der Waals surface area (Å²) < 4.78 is 1.56. The predicted octanol–water partition coefficient (Wildman–Crippen LogP) is 2.15. The fourth-order valence-corrected chi connectivity index (χ4v) is 3.49. The number of nitrogens with zero attached hydrogens (tertiary/aromatic N) is 6. The Morgan fingerprint density at radius 3 is 2.64 bits per heavy atom. The summed E-state index contributed by atoms with van der Waals surface area (Å²) in [6, 6.07) is 13.8. The molecule has 2 atom stereocenters. The molecule has 2 aromatic heterocycles. The molecule has 8 heteroatoms. The lowest BCUT2D eigenvalue weighted by molar-refractivity contribution is -0.125. The second-order valence-electron chi connectivity index (χ2n) is 7.02. The molecule has 1 saturated heterocycles. The van der Waals surface area contributed by atoms with Crippen LogP contribution in [0.15, 0.2) is 55.1 Å². The number of aromatic nitrogens is 5. The Hall–Kier alpha value is -3.29. The van der Waals surface area contributed by atoms with Crippen molar-refractivity contribution in [2.75, 3.05) is 18.0 Å². The molecule has 8 nitrogen and oxygen atoms in total. The molecule has 28 heavy (non-hydrogen) atoms. The van der Waals surface area contributed by atoms with Crippen molar-refractivity contribution in [3.63, 3.8) is 0 Å². The van der Waals surface area contributed by atoms with Gasteiger partial charge < -0.3 is 10.2 Å². The van der Waals surface area contributed by atoms with Gasteiger partial charge in [0.2, 0.25) is 5.91 Å². The van der Waals surface area contributed by atoms with Gasteiger partial charge in [0.05, 0.1) is 12.0 Å². The lowest BCUT2D eigenvalue weighted by Gasteiger charge is -2.33. The monoisotopic (exact) mass is 377 g/mol. The minimum absolute atomic E-state index is 0.00849. The number of anilines is 1. The Bertz CT molecular complexity index is 896. The van der Waals surface area contributed by atoms with Crippen LogP contribution >= 0.6 is 0 Å². The molecule has 3 aromatic rings. The number of rotatable bonds is 5. The van der Waals surface area contributed by atoms with E-state index in [-0.39, 0.29) is 17.9 Å². The Morgan fingerprint density at radius 1 is 1.14 bits per heavy atom. The van der Waals surface area contributed by atoms with E-state index in [0.29, 0.717) is 12.4 Å². The van der Waals surface area contributed by atoms with E-state index in [4.69, 9.17) is 0 Å². The molecule has 0 spiro atoms. The first-order valence-electron chi connectivity index (χ1n) is 9.50. The molecular weight excluding hydrogens is 354 g/mol. The highest BCUT2D eigenvalue weighted by Crippen LogP contribution is 2.23. The van der Waals surface area contributed by atoms with Gasteiger partial charge in [0.25, 0.3) is 0 Å². The lowest BCUT2D eigenvalue weighted by Crippen LogP contribution is -2.44. The van der Waals surface area contributed by atoms with Crippen molar-refractivity contribution in [3.8, 4) is 5.82 Å². The molecule has 0 aliphatic carbocycles. The summed E-state index contributed by atoms with van der Waals surface area (Å²) in [6.07, 6.45) is 4.87. The summed E-state index contributed by atoms with van der Waals surface area (Å²) in [6.45, 7) is 3.53. The minimum atomic E-state index is -0.0586. The quantitative estimate of drug-likeness (QED) is 0.733. The van der Waals surface area contributed by atoms with Crippen LogP contribution in [0.25, 0.3) is 5.82 Å². The van der Waals surface area contributed by atoms with Crippen molar-refractivity contribution in [1.29, 1.82) is 0 Å². The molecule has 1 aliphatic rings. The molecule has 0 saturated carbocycles. The second-order valence-corrected chi connectivity index (χ2v) is 7.02. The number of nitrogens with one attached hydrogen (secondary N) is 1. The van der Waals surface area contributed by atoms with Gasteiger partial charge >= 0.3 is 0 Å². The fourth-order valence-electron chi connectivity index (χ4n) is 3.49. The summed E-state index contributed by atoms with van der Waals surface area (Å²) >= 11 is 0. The summed E-state index contributed by atoms with van der Waals surface area (Å²) in [4.78, 5) is 18.8. The van der Waals surface area contributed by atoms with Crippen molar-refractivity contribution in [1.82, 2.24) is 30.3 Å². The maximum atomic E-state index is 12.8. The number of hydrogen-bond donors (Lipinski definition) is 1. The molecular formula is C20H23N7O. The SMILES string of the molecule is C[C@@H](NC(=O)[C@H]1CCCN(c2ccc(-n3cncn3)nn2)C1)c1ccccc1. The third kappa shape index (κ3) is 4.00. The average Bonchev–Trinajstić information content (AvgIpc) is 3.29. The van der Waals surface area contributed by atoms with Crippen LogP contribution in [0.4, 0.5) is 5.82 Å². The normalized spacial score (nSPS) is 17.9. The van der Waals surface area contributed by atoms with Gasteiger partial charge in [0.1, 0.15) is 12.7 Å². The number of benzene rings is 1. The molecule has 144 valence electrons. The van der Waals surface area contributed by atoms with E-state index in [2.05, 4.69) is 30.5 Å². The molecule has 0 unspecified atom stereocenters. The predicted molar refractivity (Wildman–Crippen MR) is 105 cm³/mol. The molecule has 3 heterocycles. The Kier molecular flexibility index (Phi) is 5.27. The highest BCUT2D eigenvalue weighted by molar-refractivity contribution is 5.80. The zero-order chi connectivity index (χ0) is 19.3. The molecule has 0 radical (unpaired) electrons. The molecule has 1 aliphatic heterocycles. The van der Waals surface area contributed by atoms with E-state index in [0.717, 1.165) is 30.8 Å². The maximum absolute atomic E-state index is 12.8. The van der Waals surface area contributed by atoms with Gasteiger partial charge in [-0.3, -0.25) is 4.79 Å². The number of carbonyl (C=O) groups excluding carboxylic acids is 1. The number of carbonyl (C=O) groups is 1. The van der Waals surface area contributed by atoms with E-state index >= 15 is 0 Å². The van der Waals surface area contributed by atoms with E-state index in [9.17, 15) is 4.79 Å². The second kappa shape index (κ2) is 8.16. The van der Waals surface area contributed by atoms with Crippen LogP contribution in [0.5, 0.6) is 0 Å². The zero-order valence-corrected chi connectivity index (χ0v) is 15.8. The summed E-state index contributed by atoms with van der Waals surface area (Å²) in [7, 11) is 0. The summed E-state index contributed by atoms with van der Waals surface area (Å²) in [5, 5.41) is 15.7. The minimum Gasteiger partial charge on any atom is -0.354 e. The van der Waals surface area contributed by atoms with Crippen LogP contribution in [0.2, 0.25) is 0 Å². The van der Waals surface area contributed by atoms with Crippen molar-refractivity contribution in [2.45, 2.75) is 25.8 Å². The Balaban J connectivity index is 1.39. The van der Waals surface area contributed by atoms with Gasteiger partial charge in [0, 0.05) is 13.1 Å². The molecule has 0 bridgehead atoms.